The zero-order valence-corrected chi connectivity index (χ0v) is 5.86. The predicted octanol–water partition coefficient (Wildman–Crippen LogP) is 1.29. The molecule has 0 amide bonds. The normalized spacial score (nSPS) is 9.33. The van der Waals surface area contributed by atoms with Crippen molar-refractivity contribution in [2.45, 2.75) is 0 Å². The van der Waals surface area contributed by atoms with Gasteiger partial charge in [0.2, 0.25) is 0 Å². The van der Waals surface area contributed by atoms with Gasteiger partial charge < -0.3 is 5.11 Å². The maximum absolute atomic E-state index is 9.31. The molecular weight excluding hydrogens is 271 g/mol. The van der Waals surface area contributed by atoms with Crippen molar-refractivity contribution in [1.29, 1.82) is 0 Å². The van der Waals surface area contributed by atoms with Crippen LogP contribution in [0.4, 0.5) is 0 Å². The Balaban J connectivity index is 0.000000720. The molecule has 3 heteroatoms. The number of hydrogen-bond acceptors (Lipinski definition) is 2. The molecule has 0 saturated heterocycles. The molecule has 0 aliphatic rings. The molecule has 0 unspecified atom stereocenters. The van der Waals surface area contributed by atoms with Gasteiger partial charge >= 0.3 is 68.9 Å². The molecule has 0 bridgehead atoms. The van der Waals surface area contributed by atoms with E-state index >= 15 is 0 Å². The number of para-hydroxylation sites is 1. The molecule has 2 aromatic rings. The Morgan fingerprint density at radius 2 is 1.83 bits per heavy atom. The quantitative estimate of drug-likeness (QED) is 0.788. The fourth-order valence-electron chi connectivity index (χ4n) is 1.09. The summed E-state index contributed by atoms with van der Waals surface area (Å²) < 4.78 is 0. The Morgan fingerprint density at radius 3 is 2.58 bits per heavy atom. The second kappa shape index (κ2) is 4.64. The van der Waals surface area contributed by atoms with Crippen molar-refractivity contribution in [2.24, 2.45) is 0 Å². The molecule has 1 heterocycles. The van der Waals surface area contributed by atoms with E-state index in [-0.39, 0.29) is 74.6 Å². The second-order valence-electron chi connectivity index (χ2n) is 2.35. The van der Waals surface area contributed by atoms with E-state index in [0.717, 1.165) is 5.39 Å². The van der Waals surface area contributed by atoms with Crippen LogP contribution >= 0.6 is 0 Å². The van der Waals surface area contributed by atoms with Crippen LogP contribution in [-0.2, 0) is 0 Å². The number of fused-ring (bicyclic) bond motifs is 1. The van der Waals surface area contributed by atoms with Gasteiger partial charge in [-0.1, -0.05) is 18.2 Å². The Bertz CT molecular complexity index is 384. The van der Waals surface area contributed by atoms with Crippen LogP contribution in [0, 0.1) is 0 Å². The van der Waals surface area contributed by atoms with E-state index in [2.05, 4.69) is 4.98 Å². The summed E-state index contributed by atoms with van der Waals surface area (Å²) in [6, 6.07) is 9.13. The molecule has 0 spiro atoms. The van der Waals surface area contributed by atoms with Crippen LogP contribution in [0.15, 0.2) is 36.5 Å². The van der Waals surface area contributed by atoms with Crippen molar-refractivity contribution in [2.75, 3.05) is 0 Å². The first-order chi connectivity index (χ1) is 5.38. The van der Waals surface area contributed by atoms with Gasteiger partial charge in [-0.2, -0.15) is 0 Å². The number of benzene rings is 1. The van der Waals surface area contributed by atoms with E-state index in [1.807, 2.05) is 18.2 Å². The third-order valence-corrected chi connectivity index (χ3v) is 1.61. The number of hydrogen-bond donors (Lipinski definition) is 1. The van der Waals surface area contributed by atoms with Crippen molar-refractivity contribution >= 4 is 79.8 Å². The van der Waals surface area contributed by atoms with Gasteiger partial charge in [0.15, 0.2) is 0 Å². The average molecular weight is 279 g/mol. The number of phenolic OH excluding ortho intramolecular Hbond substituents is 1. The molecule has 0 radical (unpaired) electrons. The van der Waals surface area contributed by atoms with Crippen molar-refractivity contribution in [3.63, 3.8) is 0 Å². The van der Waals surface area contributed by atoms with E-state index in [9.17, 15) is 5.11 Å². The van der Waals surface area contributed by atoms with Gasteiger partial charge in [0.1, 0.15) is 11.3 Å². The van der Waals surface area contributed by atoms with E-state index in [1.165, 1.54) is 0 Å². The third kappa shape index (κ3) is 2.04. The summed E-state index contributed by atoms with van der Waals surface area (Å²) in [5, 5.41) is 10.3. The molecule has 1 aromatic heterocycles. The van der Waals surface area contributed by atoms with Crippen LogP contribution in [0.25, 0.3) is 10.9 Å². The molecule has 0 atom stereocenters. The van der Waals surface area contributed by atoms with Gasteiger partial charge in [-0.15, -0.1) is 0 Å². The fourth-order valence-corrected chi connectivity index (χ4v) is 1.09. The first-order valence-corrected chi connectivity index (χ1v) is 3.40. The Hall–Kier alpha value is 0.482. The number of phenols is 1. The first-order valence-electron chi connectivity index (χ1n) is 3.40. The monoisotopic (exact) mass is 279 g/mol. The zero-order valence-electron chi connectivity index (χ0n) is 5.86. The molecule has 56 valence electrons. The van der Waals surface area contributed by atoms with Gasteiger partial charge in [0.05, 0.1) is 0 Å². The van der Waals surface area contributed by atoms with E-state index in [0.29, 0.717) is 5.52 Å². The molecule has 2 rings (SSSR count). The van der Waals surface area contributed by atoms with E-state index in [4.69, 9.17) is 0 Å². The average Bonchev–Trinajstić information content (AvgIpc) is 2.06. The van der Waals surface area contributed by atoms with Crippen LogP contribution in [-0.4, -0.2) is 79.0 Å². The summed E-state index contributed by atoms with van der Waals surface area (Å²) in [6.07, 6.45) is 1.67. The molecule has 0 fully saturated rings. The fraction of sp³-hybridized carbons (Fsp3) is 0. The van der Waals surface area contributed by atoms with Crippen LogP contribution < -0.4 is 0 Å². The molecule has 0 aliphatic carbocycles. The molecule has 0 aliphatic heterocycles. The predicted molar refractivity (Wildman–Crippen MR) is 50.6 cm³/mol. The van der Waals surface area contributed by atoms with Crippen LogP contribution in [0.3, 0.4) is 0 Å². The molecular formula is C9H8CsNO. The minimum atomic E-state index is 0. The zero-order chi connectivity index (χ0) is 7.68. The van der Waals surface area contributed by atoms with Gasteiger partial charge in [0, 0.05) is 11.6 Å². The topological polar surface area (TPSA) is 33.1 Å². The summed E-state index contributed by atoms with van der Waals surface area (Å²) in [5.41, 5.74) is 0.662. The second-order valence-corrected chi connectivity index (χ2v) is 2.35. The molecule has 1 N–H and O–H groups in total. The Morgan fingerprint density at radius 1 is 1.08 bits per heavy atom. The number of pyridine rings is 1. The van der Waals surface area contributed by atoms with Crippen molar-refractivity contribution in [3.8, 4) is 5.75 Å². The van der Waals surface area contributed by atoms with Crippen molar-refractivity contribution < 1.29 is 5.11 Å². The molecule has 0 saturated carbocycles. The molecule has 1 aromatic carbocycles. The van der Waals surface area contributed by atoms with Crippen molar-refractivity contribution in [1.82, 2.24) is 4.98 Å². The van der Waals surface area contributed by atoms with E-state index < -0.39 is 0 Å². The summed E-state index contributed by atoms with van der Waals surface area (Å²) in [7, 11) is 0. The van der Waals surface area contributed by atoms with Crippen LogP contribution in [0.5, 0.6) is 5.75 Å². The number of aromatic hydroxyl groups is 1. The summed E-state index contributed by atoms with van der Waals surface area (Å²) in [6.45, 7) is 0. The van der Waals surface area contributed by atoms with Gasteiger partial charge in [0.25, 0.3) is 0 Å². The molecule has 2 nitrogen and oxygen atoms in total. The van der Waals surface area contributed by atoms with Crippen molar-refractivity contribution in [3.05, 3.63) is 36.5 Å². The number of nitrogens with zero attached hydrogens (tertiary/aromatic N) is 1. The summed E-state index contributed by atoms with van der Waals surface area (Å²) >= 11 is 0. The van der Waals surface area contributed by atoms with Crippen LogP contribution in [0.1, 0.15) is 0 Å². The Labute approximate surface area is 129 Å². The minimum absolute atomic E-state index is 0. The SMILES string of the molecule is Oc1cccc2cccnc12.[CsH]. The summed E-state index contributed by atoms with van der Waals surface area (Å²) in [5.74, 6) is 0.239. The first kappa shape index (κ1) is 10.6. The van der Waals surface area contributed by atoms with Gasteiger partial charge in [-0.3, -0.25) is 4.98 Å². The van der Waals surface area contributed by atoms with E-state index in [1.54, 1.807) is 18.3 Å². The third-order valence-electron chi connectivity index (χ3n) is 1.61. The van der Waals surface area contributed by atoms with Gasteiger partial charge in [-0.05, 0) is 12.1 Å². The van der Waals surface area contributed by atoms with Gasteiger partial charge in [-0.25, -0.2) is 0 Å². The maximum atomic E-state index is 9.31. The number of aromatic nitrogens is 1. The Kier molecular flexibility index (Phi) is 4.09. The molecule has 12 heavy (non-hydrogen) atoms. The standard InChI is InChI=1S/C9H7NO.Cs.H/c11-8-5-1-3-7-4-2-6-10-9(7)8;;/h1-6,11H;;. The number of rotatable bonds is 0. The summed E-state index contributed by atoms with van der Waals surface area (Å²) in [4.78, 5) is 4.03. The van der Waals surface area contributed by atoms with Crippen LogP contribution in [0.2, 0.25) is 0 Å².